The SMILES string of the molecule is COc1ccc(OCc2nnc(SCC(=O)O)n2C)cc1. The van der Waals surface area contributed by atoms with Crippen molar-refractivity contribution in [3.8, 4) is 11.5 Å². The number of hydrogen-bond acceptors (Lipinski definition) is 6. The zero-order valence-electron chi connectivity index (χ0n) is 11.6. The van der Waals surface area contributed by atoms with Gasteiger partial charge in [0.1, 0.15) is 18.1 Å². The summed E-state index contributed by atoms with van der Waals surface area (Å²) in [6.07, 6.45) is 0. The molecule has 0 aliphatic heterocycles. The maximum absolute atomic E-state index is 10.5. The third-order valence-electron chi connectivity index (χ3n) is 2.68. The molecule has 112 valence electrons. The highest BCUT2D eigenvalue weighted by atomic mass is 32.2. The number of thioether (sulfide) groups is 1. The Morgan fingerprint density at radius 3 is 2.57 bits per heavy atom. The molecule has 1 heterocycles. The molecule has 0 amide bonds. The zero-order valence-corrected chi connectivity index (χ0v) is 12.5. The van der Waals surface area contributed by atoms with Crippen molar-refractivity contribution in [3.63, 3.8) is 0 Å². The normalized spacial score (nSPS) is 10.4. The van der Waals surface area contributed by atoms with Crippen LogP contribution in [0.15, 0.2) is 29.4 Å². The van der Waals surface area contributed by atoms with Gasteiger partial charge in [0.2, 0.25) is 0 Å². The summed E-state index contributed by atoms with van der Waals surface area (Å²) >= 11 is 1.12. The monoisotopic (exact) mass is 309 g/mol. The van der Waals surface area contributed by atoms with Crippen LogP contribution in [0.1, 0.15) is 5.82 Å². The Kier molecular flexibility index (Phi) is 5.04. The molecule has 0 spiro atoms. The summed E-state index contributed by atoms with van der Waals surface area (Å²) in [7, 11) is 3.38. The van der Waals surface area contributed by atoms with E-state index >= 15 is 0 Å². The molecular formula is C13H15N3O4S. The highest BCUT2D eigenvalue weighted by molar-refractivity contribution is 7.99. The average Bonchev–Trinajstić information content (AvgIpc) is 2.84. The van der Waals surface area contributed by atoms with Crippen LogP contribution in [0.3, 0.4) is 0 Å². The first kappa shape index (κ1) is 15.2. The van der Waals surface area contributed by atoms with Crippen molar-refractivity contribution in [1.82, 2.24) is 14.8 Å². The van der Waals surface area contributed by atoms with Crippen LogP contribution < -0.4 is 9.47 Å². The van der Waals surface area contributed by atoms with Gasteiger partial charge in [0.25, 0.3) is 0 Å². The lowest BCUT2D eigenvalue weighted by molar-refractivity contribution is -0.133. The topological polar surface area (TPSA) is 86.5 Å². The molecule has 0 saturated heterocycles. The van der Waals surface area contributed by atoms with Crippen LogP contribution in [0.5, 0.6) is 11.5 Å². The summed E-state index contributed by atoms with van der Waals surface area (Å²) in [4.78, 5) is 10.5. The Balaban J connectivity index is 1.95. The molecule has 7 nitrogen and oxygen atoms in total. The fraction of sp³-hybridized carbons (Fsp3) is 0.308. The molecule has 1 aromatic heterocycles. The van der Waals surface area contributed by atoms with E-state index in [1.54, 1.807) is 43.0 Å². The highest BCUT2D eigenvalue weighted by Gasteiger charge is 2.11. The van der Waals surface area contributed by atoms with E-state index in [1.165, 1.54) is 0 Å². The maximum Gasteiger partial charge on any atom is 0.313 e. The quantitative estimate of drug-likeness (QED) is 0.777. The van der Waals surface area contributed by atoms with Crippen molar-refractivity contribution in [2.45, 2.75) is 11.8 Å². The van der Waals surface area contributed by atoms with E-state index in [0.717, 1.165) is 17.5 Å². The van der Waals surface area contributed by atoms with E-state index in [-0.39, 0.29) is 12.4 Å². The molecular weight excluding hydrogens is 294 g/mol. The van der Waals surface area contributed by atoms with Crippen molar-refractivity contribution in [3.05, 3.63) is 30.1 Å². The summed E-state index contributed by atoms with van der Waals surface area (Å²) in [5, 5.41) is 17.1. The van der Waals surface area contributed by atoms with Crippen LogP contribution in [-0.2, 0) is 18.4 Å². The molecule has 0 aliphatic carbocycles. The summed E-state index contributed by atoms with van der Waals surface area (Å²) in [5.41, 5.74) is 0. The predicted molar refractivity (Wildman–Crippen MR) is 76.7 cm³/mol. The predicted octanol–water partition coefficient (Wildman–Crippen LogP) is 1.58. The first-order valence-electron chi connectivity index (χ1n) is 6.10. The molecule has 0 fully saturated rings. The van der Waals surface area contributed by atoms with Crippen molar-refractivity contribution in [2.75, 3.05) is 12.9 Å². The Morgan fingerprint density at radius 2 is 1.95 bits per heavy atom. The van der Waals surface area contributed by atoms with Gasteiger partial charge in [-0.2, -0.15) is 0 Å². The fourth-order valence-electron chi connectivity index (χ4n) is 1.54. The molecule has 1 aromatic carbocycles. The highest BCUT2D eigenvalue weighted by Crippen LogP contribution is 2.19. The van der Waals surface area contributed by atoms with Gasteiger partial charge in [-0.15, -0.1) is 10.2 Å². The number of carbonyl (C=O) groups is 1. The molecule has 0 aliphatic rings. The van der Waals surface area contributed by atoms with Gasteiger partial charge in [-0.3, -0.25) is 4.79 Å². The number of hydrogen-bond donors (Lipinski definition) is 1. The van der Waals surface area contributed by atoms with Crippen LogP contribution >= 0.6 is 11.8 Å². The number of aromatic nitrogens is 3. The summed E-state index contributed by atoms with van der Waals surface area (Å²) in [5.74, 6) is 1.13. The molecule has 0 unspecified atom stereocenters. The standard InChI is InChI=1S/C13H15N3O4S/c1-16-11(14-15-13(16)21-8-12(17)18)7-20-10-5-3-9(19-2)4-6-10/h3-6H,7-8H2,1-2H3,(H,17,18). The summed E-state index contributed by atoms with van der Waals surface area (Å²) < 4.78 is 12.4. The minimum absolute atomic E-state index is 0.0503. The molecule has 2 aromatic rings. The second-order valence-electron chi connectivity index (χ2n) is 4.10. The van der Waals surface area contributed by atoms with E-state index in [0.29, 0.717) is 16.7 Å². The lowest BCUT2D eigenvalue weighted by atomic mass is 10.3. The number of carboxylic acid groups (broad SMARTS) is 1. The molecule has 8 heteroatoms. The Morgan fingerprint density at radius 1 is 1.29 bits per heavy atom. The Labute approximate surface area is 125 Å². The van der Waals surface area contributed by atoms with E-state index in [4.69, 9.17) is 14.6 Å². The zero-order chi connectivity index (χ0) is 15.2. The molecule has 0 saturated carbocycles. The fourth-order valence-corrected chi connectivity index (χ4v) is 2.19. The van der Waals surface area contributed by atoms with Gasteiger partial charge >= 0.3 is 5.97 Å². The molecule has 21 heavy (non-hydrogen) atoms. The Hall–Kier alpha value is -2.22. The van der Waals surface area contributed by atoms with Crippen molar-refractivity contribution in [2.24, 2.45) is 7.05 Å². The van der Waals surface area contributed by atoms with Gasteiger partial charge in [0.05, 0.1) is 12.9 Å². The number of rotatable bonds is 7. The van der Waals surface area contributed by atoms with Gasteiger partial charge in [-0.1, -0.05) is 11.8 Å². The molecule has 0 radical (unpaired) electrons. The van der Waals surface area contributed by atoms with E-state index < -0.39 is 5.97 Å². The molecule has 2 rings (SSSR count). The first-order chi connectivity index (χ1) is 10.1. The second kappa shape index (κ2) is 6.98. The van der Waals surface area contributed by atoms with Crippen LogP contribution in [0.2, 0.25) is 0 Å². The third kappa shape index (κ3) is 4.12. The number of ether oxygens (including phenoxy) is 2. The van der Waals surface area contributed by atoms with Gasteiger partial charge in [0.15, 0.2) is 11.0 Å². The van der Waals surface area contributed by atoms with Gasteiger partial charge in [-0.25, -0.2) is 0 Å². The smallest absolute Gasteiger partial charge is 0.313 e. The minimum Gasteiger partial charge on any atom is -0.497 e. The van der Waals surface area contributed by atoms with Crippen LogP contribution in [0.25, 0.3) is 0 Å². The van der Waals surface area contributed by atoms with Crippen molar-refractivity contribution in [1.29, 1.82) is 0 Å². The number of nitrogens with zero attached hydrogens (tertiary/aromatic N) is 3. The van der Waals surface area contributed by atoms with Crippen LogP contribution in [-0.4, -0.2) is 38.7 Å². The minimum atomic E-state index is -0.890. The van der Waals surface area contributed by atoms with E-state index in [2.05, 4.69) is 10.2 Å². The number of benzene rings is 1. The summed E-state index contributed by atoms with van der Waals surface area (Å²) in [6.45, 7) is 0.253. The third-order valence-corrected chi connectivity index (χ3v) is 3.68. The largest absolute Gasteiger partial charge is 0.497 e. The van der Waals surface area contributed by atoms with Gasteiger partial charge in [0, 0.05) is 7.05 Å². The van der Waals surface area contributed by atoms with E-state index in [1.807, 2.05) is 0 Å². The number of methoxy groups -OCH3 is 1. The average molecular weight is 309 g/mol. The molecule has 0 bridgehead atoms. The van der Waals surface area contributed by atoms with Gasteiger partial charge in [-0.05, 0) is 24.3 Å². The maximum atomic E-state index is 10.5. The number of carboxylic acids is 1. The van der Waals surface area contributed by atoms with Crippen molar-refractivity contribution >= 4 is 17.7 Å². The lowest BCUT2D eigenvalue weighted by Gasteiger charge is -2.07. The Bertz CT molecular complexity index is 612. The second-order valence-corrected chi connectivity index (χ2v) is 5.05. The number of aliphatic carboxylic acids is 1. The van der Waals surface area contributed by atoms with Crippen LogP contribution in [0.4, 0.5) is 0 Å². The van der Waals surface area contributed by atoms with Crippen LogP contribution in [0, 0.1) is 0 Å². The van der Waals surface area contributed by atoms with Crippen molar-refractivity contribution < 1.29 is 19.4 Å². The van der Waals surface area contributed by atoms with Gasteiger partial charge < -0.3 is 19.1 Å². The summed E-state index contributed by atoms with van der Waals surface area (Å²) in [6, 6.07) is 7.21. The van der Waals surface area contributed by atoms with E-state index in [9.17, 15) is 4.79 Å². The molecule has 1 N–H and O–H groups in total. The molecule has 0 atom stereocenters. The lowest BCUT2D eigenvalue weighted by Crippen LogP contribution is -2.05. The first-order valence-corrected chi connectivity index (χ1v) is 7.08.